The average molecular weight is 387 g/mol. The largest absolute Gasteiger partial charge is 0.481 e. The second-order valence-electron chi connectivity index (χ2n) is 6.12. The first kappa shape index (κ1) is 19.8. The summed E-state index contributed by atoms with van der Waals surface area (Å²) in [7, 11) is 1.59. The van der Waals surface area contributed by atoms with Crippen LogP contribution in [0.15, 0.2) is 71.8 Å². The minimum Gasteiger partial charge on any atom is -0.481 e. The van der Waals surface area contributed by atoms with Crippen molar-refractivity contribution in [3.05, 3.63) is 72.4 Å². The van der Waals surface area contributed by atoms with Gasteiger partial charge in [-0.15, -0.1) is 0 Å². The average Bonchev–Trinajstić information content (AvgIpc) is 3.17. The molecule has 0 aliphatic rings. The molecule has 3 aromatic heterocycles. The lowest BCUT2D eigenvalue weighted by Gasteiger charge is -2.06. The highest BCUT2D eigenvalue weighted by molar-refractivity contribution is 5.96. The molecule has 0 radical (unpaired) electrons. The van der Waals surface area contributed by atoms with Crippen molar-refractivity contribution in [2.24, 2.45) is 10.7 Å². The maximum absolute atomic E-state index is 11.0. The van der Waals surface area contributed by atoms with Gasteiger partial charge in [-0.3, -0.25) is 9.79 Å². The summed E-state index contributed by atoms with van der Waals surface area (Å²) in [5.41, 5.74) is 10.2. The van der Waals surface area contributed by atoms with Crippen molar-refractivity contribution in [3.8, 4) is 17.0 Å². The number of nitrogens with zero attached hydrogens (tertiary/aromatic N) is 3. The minimum absolute atomic E-state index is 0.519. The number of rotatable bonds is 7. The van der Waals surface area contributed by atoms with Crippen LogP contribution in [0.2, 0.25) is 0 Å². The molecule has 29 heavy (non-hydrogen) atoms. The highest BCUT2D eigenvalue weighted by Gasteiger charge is 2.10. The van der Waals surface area contributed by atoms with Crippen LogP contribution in [0.3, 0.4) is 0 Å². The zero-order chi connectivity index (χ0) is 20.8. The summed E-state index contributed by atoms with van der Waals surface area (Å²) in [6.45, 7) is 5.46. The van der Waals surface area contributed by atoms with Crippen LogP contribution in [-0.4, -0.2) is 34.7 Å². The van der Waals surface area contributed by atoms with E-state index in [1.54, 1.807) is 19.5 Å². The fourth-order valence-electron chi connectivity index (χ4n) is 2.90. The smallest absolute Gasteiger partial charge is 0.241 e. The van der Waals surface area contributed by atoms with Crippen LogP contribution in [0.4, 0.5) is 0 Å². The first-order valence-corrected chi connectivity index (χ1v) is 8.86. The maximum atomic E-state index is 11.0. The molecular formula is C22H21N5O2. The number of ether oxygens (including phenoxy) is 1. The van der Waals surface area contributed by atoms with E-state index in [1.165, 1.54) is 12.2 Å². The number of aromatic amines is 1. The predicted molar refractivity (Wildman–Crippen MR) is 115 cm³/mol. The number of nitrogens with two attached hydrogens (primary N) is 1. The number of aliphatic imine (C=N–C) groups is 1. The van der Waals surface area contributed by atoms with Gasteiger partial charge in [-0.25, -0.2) is 9.97 Å². The highest BCUT2D eigenvalue weighted by atomic mass is 16.5. The standard InChI is InChI=1S/C22H21N5O2/c1-4-14(9-17(24-2)5-6-20(23)28)16-10-18-19(13-27-22(18)26-12-16)15-7-8-25-21(11-15)29-3/h4-13H,2H2,1,3H3,(H2,23,28)(H,26,27)/b6-5+,14-4+,17-9-. The van der Waals surface area contributed by atoms with Crippen LogP contribution in [0, 0.1) is 0 Å². The van der Waals surface area contributed by atoms with Gasteiger partial charge in [0.1, 0.15) is 5.65 Å². The van der Waals surface area contributed by atoms with E-state index >= 15 is 0 Å². The van der Waals surface area contributed by atoms with Gasteiger partial charge in [0.15, 0.2) is 0 Å². The van der Waals surface area contributed by atoms with E-state index < -0.39 is 5.91 Å². The first-order valence-electron chi connectivity index (χ1n) is 8.86. The number of allylic oxidation sites excluding steroid dienone is 4. The Morgan fingerprint density at radius 2 is 2.14 bits per heavy atom. The third-order valence-corrected chi connectivity index (χ3v) is 4.33. The Kier molecular flexibility index (Phi) is 5.99. The number of methoxy groups -OCH3 is 1. The summed E-state index contributed by atoms with van der Waals surface area (Å²) < 4.78 is 5.23. The van der Waals surface area contributed by atoms with Gasteiger partial charge in [0, 0.05) is 47.2 Å². The molecule has 7 heteroatoms. The molecule has 0 unspecified atom stereocenters. The lowest BCUT2D eigenvalue weighted by atomic mass is 10.0. The Morgan fingerprint density at radius 3 is 2.83 bits per heavy atom. The summed E-state index contributed by atoms with van der Waals surface area (Å²) in [6.07, 6.45) is 11.9. The van der Waals surface area contributed by atoms with Gasteiger partial charge in [-0.1, -0.05) is 6.08 Å². The first-order chi connectivity index (χ1) is 14.0. The number of hydrogen-bond acceptors (Lipinski definition) is 5. The Balaban J connectivity index is 2.06. The number of amides is 1. The normalized spacial score (nSPS) is 12.5. The molecule has 0 saturated carbocycles. The number of pyridine rings is 2. The topological polar surface area (TPSA) is 106 Å². The molecule has 0 fully saturated rings. The Labute approximate surface area is 168 Å². The van der Waals surface area contributed by atoms with E-state index in [-0.39, 0.29) is 0 Å². The number of fused-ring (bicyclic) bond motifs is 1. The van der Waals surface area contributed by atoms with Crippen LogP contribution in [-0.2, 0) is 4.79 Å². The summed E-state index contributed by atoms with van der Waals surface area (Å²) in [4.78, 5) is 26.8. The molecule has 0 bridgehead atoms. The molecule has 0 spiro atoms. The van der Waals surface area contributed by atoms with E-state index in [0.717, 1.165) is 33.3 Å². The van der Waals surface area contributed by atoms with Crippen molar-refractivity contribution in [1.29, 1.82) is 0 Å². The van der Waals surface area contributed by atoms with Gasteiger partial charge in [-0.05, 0) is 49.1 Å². The fraction of sp³-hybridized carbons (Fsp3) is 0.0909. The van der Waals surface area contributed by atoms with Crippen molar-refractivity contribution in [2.45, 2.75) is 6.92 Å². The minimum atomic E-state index is -0.547. The number of H-pyrrole nitrogens is 1. The second kappa shape index (κ2) is 8.79. The Hall–Kier alpha value is -4.00. The van der Waals surface area contributed by atoms with Crippen LogP contribution in [0.25, 0.3) is 27.7 Å². The molecule has 0 aromatic carbocycles. The number of carbonyl (C=O) groups is 1. The van der Waals surface area contributed by atoms with Crippen molar-refractivity contribution in [2.75, 3.05) is 7.11 Å². The van der Waals surface area contributed by atoms with Gasteiger partial charge in [-0.2, -0.15) is 0 Å². The number of hydrogen-bond donors (Lipinski definition) is 2. The number of aromatic nitrogens is 3. The van der Waals surface area contributed by atoms with Gasteiger partial charge >= 0.3 is 0 Å². The fourth-order valence-corrected chi connectivity index (χ4v) is 2.90. The summed E-state index contributed by atoms with van der Waals surface area (Å²) in [5, 5.41) is 0.962. The van der Waals surface area contributed by atoms with Crippen LogP contribution in [0.1, 0.15) is 12.5 Å². The van der Waals surface area contributed by atoms with E-state index in [1.807, 2.05) is 43.5 Å². The van der Waals surface area contributed by atoms with Gasteiger partial charge in [0.05, 0.1) is 12.8 Å². The zero-order valence-corrected chi connectivity index (χ0v) is 16.2. The number of primary amides is 1. The van der Waals surface area contributed by atoms with Crippen molar-refractivity contribution in [3.63, 3.8) is 0 Å². The third-order valence-electron chi connectivity index (χ3n) is 4.33. The molecule has 7 nitrogen and oxygen atoms in total. The SMILES string of the molecule is C=NC(=C\C(=C/C)c1cnc2[nH]cc(-c3ccnc(OC)c3)c2c1)/C=C/C(N)=O. The molecule has 0 aliphatic heterocycles. The van der Waals surface area contributed by atoms with E-state index in [9.17, 15) is 4.79 Å². The van der Waals surface area contributed by atoms with Gasteiger partial charge < -0.3 is 15.5 Å². The molecule has 0 aliphatic carbocycles. The molecule has 146 valence electrons. The lowest BCUT2D eigenvalue weighted by molar-refractivity contribution is -0.113. The molecule has 1 amide bonds. The lowest BCUT2D eigenvalue weighted by Crippen LogP contribution is -2.05. The monoisotopic (exact) mass is 387 g/mol. The Morgan fingerprint density at radius 1 is 1.31 bits per heavy atom. The predicted octanol–water partition coefficient (Wildman–Crippen LogP) is 3.66. The Bertz CT molecular complexity index is 1150. The van der Waals surface area contributed by atoms with Crippen LogP contribution < -0.4 is 10.5 Å². The molecule has 0 saturated heterocycles. The molecule has 0 atom stereocenters. The molecule has 3 N–H and O–H groups in total. The molecular weight excluding hydrogens is 366 g/mol. The zero-order valence-electron chi connectivity index (χ0n) is 16.2. The third kappa shape index (κ3) is 4.47. The summed E-state index contributed by atoms with van der Waals surface area (Å²) in [6, 6.07) is 5.84. The van der Waals surface area contributed by atoms with E-state index in [0.29, 0.717) is 11.6 Å². The second-order valence-corrected chi connectivity index (χ2v) is 6.12. The molecule has 3 rings (SSSR count). The maximum Gasteiger partial charge on any atom is 0.241 e. The van der Waals surface area contributed by atoms with E-state index in [4.69, 9.17) is 10.5 Å². The van der Waals surface area contributed by atoms with Gasteiger partial charge in [0.2, 0.25) is 11.8 Å². The summed E-state index contributed by atoms with van der Waals surface area (Å²) in [5.74, 6) is -0.00427. The number of nitrogens with one attached hydrogen (secondary N) is 1. The van der Waals surface area contributed by atoms with Crippen molar-refractivity contribution >= 4 is 29.2 Å². The van der Waals surface area contributed by atoms with Crippen molar-refractivity contribution in [1.82, 2.24) is 15.0 Å². The van der Waals surface area contributed by atoms with Gasteiger partial charge in [0.25, 0.3) is 0 Å². The number of carbonyl (C=O) groups excluding carboxylic acids is 1. The van der Waals surface area contributed by atoms with Crippen LogP contribution in [0.5, 0.6) is 5.88 Å². The van der Waals surface area contributed by atoms with E-state index in [2.05, 4.69) is 26.7 Å². The van der Waals surface area contributed by atoms with Crippen LogP contribution >= 0.6 is 0 Å². The quantitative estimate of drug-likeness (QED) is 0.366. The molecule has 3 aromatic rings. The molecule has 3 heterocycles. The van der Waals surface area contributed by atoms with Crippen molar-refractivity contribution < 1.29 is 9.53 Å². The highest BCUT2D eigenvalue weighted by Crippen LogP contribution is 2.31. The summed E-state index contributed by atoms with van der Waals surface area (Å²) >= 11 is 0.